The van der Waals surface area contributed by atoms with Gasteiger partial charge in [-0.15, -0.1) is 0 Å². The number of aromatic nitrogens is 2. The summed E-state index contributed by atoms with van der Waals surface area (Å²) in [6.45, 7) is 8.23. The molecule has 0 aromatic carbocycles. The number of pyridine rings is 1. The van der Waals surface area contributed by atoms with Gasteiger partial charge in [-0.3, -0.25) is 0 Å². The highest BCUT2D eigenvalue weighted by atomic mass is 35.5. The van der Waals surface area contributed by atoms with E-state index in [-0.39, 0.29) is 0 Å². The minimum atomic E-state index is -1.05. The molecule has 0 saturated carbocycles. The first kappa shape index (κ1) is 14.8. The van der Waals surface area contributed by atoms with E-state index in [0.29, 0.717) is 17.0 Å². The minimum absolute atomic E-state index is 0.454. The standard InChI is InChI=1S/C13H18Cl2N2OSi/c1-19(2,3)7-6-18-9-17-11-4-5-12(14)16-10(11)8-13(17)15/h4-5,8H,6-7,9H2,1-3H3. The summed E-state index contributed by atoms with van der Waals surface area (Å²) in [5.41, 5.74) is 1.74. The molecule has 0 saturated heterocycles. The van der Waals surface area contributed by atoms with Crippen LogP contribution in [-0.4, -0.2) is 24.2 Å². The van der Waals surface area contributed by atoms with Crippen molar-refractivity contribution in [3.05, 3.63) is 28.5 Å². The van der Waals surface area contributed by atoms with E-state index in [2.05, 4.69) is 24.6 Å². The van der Waals surface area contributed by atoms with E-state index in [1.54, 1.807) is 6.07 Å². The molecule has 2 heterocycles. The summed E-state index contributed by atoms with van der Waals surface area (Å²) >= 11 is 12.1. The molecular formula is C13H18Cl2N2OSi. The van der Waals surface area contributed by atoms with Gasteiger partial charge in [0, 0.05) is 20.7 Å². The van der Waals surface area contributed by atoms with Gasteiger partial charge in [0.2, 0.25) is 0 Å². The van der Waals surface area contributed by atoms with Crippen molar-refractivity contribution in [2.75, 3.05) is 6.61 Å². The average molecular weight is 317 g/mol. The Bertz CT molecular complexity index is 578. The first-order chi connectivity index (χ1) is 8.87. The third kappa shape index (κ3) is 3.95. The third-order valence-corrected chi connectivity index (χ3v) is 5.12. The van der Waals surface area contributed by atoms with Crippen LogP contribution >= 0.6 is 23.2 Å². The Labute approximate surface area is 124 Å². The van der Waals surface area contributed by atoms with Gasteiger partial charge in [-0.25, -0.2) is 4.98 Å². The van der Waals surface area contributed by atoms with Crippen LogP contribution in [0.1, 0.15) is 0 Å². The quantitative estimate of drug-likeness (QED) is 0.456. The Balaban J connectivity index is 2.06. The molecule has 3 nitrogen and oxygen atoms in total. The van der Waals surface area contributed by atoms with E-state index in [1.165, 1.54) is 0 Å². The summed E-state index contributed by atoms with van der Waals surface area (Å²) in [5.74, 6) is 0. The minimum Gasteiger partial charge on any atom is -0.361 e. The van der Waals surface area contributed by atoms with Gasteiger partial charge < -0.3 is 9.30 Å². The number of rotatable bonds is 5. The molecule has 104 valence electrons. The molecule has 19 heavy (non-hydrogen) atoms. The van der Waals surface area contributed by atoms with E-state index >= 15 is 0 Å². The normalized spacial score (nSPS) is 12.3. The van der Waals surface area contributed by atoms with E-state index in [9.17, 15) is 0 Å². The zero-order chi connectivity index (χ0) is 14.0. The Hall–Kier alpha value is -0.553. The van der Waals surface area contributed by atoms with Crippen molar-refractivity contribution in [2.45, 2.75) is 32.4 Å². The van der Waals surface area contributed by atoms with Gasteiger partial charge in [0.05, 0.1) is 11.0 Å². The molecule has 0 aliphatic heterocycles. The molecule has 0 unspecified atom stereocenters. The van der Waals surface area contributed by atoms with Crippen LogP contribution in [-0.2, 0) is 11.5 Å². The van der Waals surface area contributed by atoms with Gasteiger partial charge in [-0.05, 0) is 18.2 Å². The Morgan fingerprint density at radius 3 is 2.68 bits per heavy atom. The van der Waals surface area contributed by atoms with Crippen molar-refractivity contribution in [2.24, 2.45) is 0 Å². The number of nitrogens with zero attached hydrogens (tertiary/aromatic N) is 2. The van der Waals surface area contributed by atoms with Crippen LogP contribution in [0.5, 0.6) is 0 Å². The molecule has 6 heteroatoms. The fourth-order valence-electron chi connectivity index (χ4n) is 1.75. The summed E-state index contributed by atoms with van der Waals surface area (Å²) in [4.78, 5) is 4.24. The van der Waals surface area contributed by atoms with Crippen LogP contribution in [0.15, 0.2) is 18.2 Å². The predicted octanol–water partition coefficient (Wildman–Crippen LogP) is 4.66. The molecule has 0 bridgehead atoms. The van der Waals surface area contributed by atoms with Crippen LogP contribution in [0.2, 0.25) is 36.0 Å². The van der Waals surface area contributed by atoms with E-state index in [0.717, 1.165) is 23.7 Å². The largest absolute Gasteiger partial charge is 0.361 e. The summed E-state index contributed by atoms with van der Waals surface area (Å²) in [5, 5.41) is 1.10. The average Bonchev–Trinajstić information content (AvgIpc) is 2.58. The lowest BCUT2D eigenvalue weighted by atomic mass is 10.4. The number of hydrogen-bond donors (Lipinski definition) is 0. The smallest absolute Gasteiger partial charge is 0.129 e. The van der Waals surface area contributed by atoms with Crippen molar-refractivity contribution in [3.8, 4) is 0 Å². The Morgan fingerprint density at radius 1 is 1.26 bits per heavy atom. The summed E-state index contributed by atoms with van der Waals surface area (Å²) in [6, 6.07) is 6.63. The maximum atomic E-state index is 6.20. The second kappa shape index (κ2) is 5.83. The molecular weight excluding hydrogens is 299 g/mol. The maximum Gasteiger partial charge on any atom is 0.129 e. The summed E-state index contributed by atoms with van der Waals surface area (Å²) < 4.78 is 7.63. The first-order valence-electron chi connectivity index (χ1n) is 6.26. The molecule has 0 radical (unpaired) electrons. The van der Waals surface area contributed by atoms with Crippen LogP contribution < -0.4 is 0 Å². The highest BCUT2D eigenvalue weighted by Crippen LogP contribution is 2.24. The fourth-order valence-corrected chi connectivity index (χ4v) is 2.90. The van der Waals surface area contributed by atoms with Gasteiger partial charge in [0.1, 0.15) is 17.0 Å². The van der Waals surface area contributed by atoms with E-state index < -0.39 is 8.07 Å². The SMILES string of the molecule is C[Si](C)(C)CCOCn1c(Cl)cc2nc(Cl)ccc21. The zero-order valence-corrected chi connectivity index (χ0v) is 13.9. The molecule has 2 rings (SSSR count). The van der Waals surface area contributed by atoms with Gasteiger partial charge in [-0.1, -0.05) is 42.8 Å². The molecule has 0 spiro atoms. The van der Waals surface area contributed by atoms with Gasteiger partial charge in [-0.2, -0.15) is 0 Å². The molecule has 0 fully saturated rings. The molecule has 0 atom stereocenters. The highest BCUT2D eigenvalue weighted by Gasteiger charge is 2.13. The Morgan fingerprint density at radius 2 is 2.00 bits per heavy atom. The monoisotopic (exact) mass is 316 g/mol. The van der Waals surface area contributed by atoms with E-state index in [4.69, 9.17) is 27.9 Å². The lowest BCUT2D eigenvalue weighted by Gasteiger charge is -2.16. The van der Waals surface area contributed by atoms with Crippen molar-refractivity contribution in [1.82, 2.24) is 9.55 Å². The predicted molar refractivity (Wildman–Crippen MR) is 83.9 cm³/mol. The highest BCUT2D eigenvalue weighted by molar-refractivity contribution is 6.76. The number of hydrogen-bond acceptors (Lipinski definition) is 2. The van der Waals surface area contributed by atoms with E-state index in [1.807, 2.05) is 16.7 Å². The maximum absolute atomic E-state index is 6.20. The van der Waals surface area contributed by atoms with Crippen molar-refractivity contribution >= 4 is 42.3 Å². The topological polar surface area (TPSA) is 27.1 Å². The van der Waals surface area contributed by atoms with Gasteiger partial charge in [0.15, 0.2) is 0 Å². The Kier molecular flexibility index (Phi) is 4.56. The number of ether oxygens (including phenoxy) is 1. The molecule has 2 aromatic rings. The van der Waals surface area contributed by atoms with Crippen LogP contribution in [0.3, 0.4) is 0 Å². The molecule has 0 aliphatic rings. The van der Waals surface area contributed by atoms with Gasteiger partial charge in [0.25, 0.3) is 0 Å². The van der Waals surface area contributed by atoms with Crippen molar-refractivity contribution < 1.29 is 4.74 Å². The second-order valence-electron chi connectivity index (χ2n) is 5.78. The molecule has 0 aliphatic carbocycles. The summed E-state index contributed by atoms with van der Waals surface area (Å²) in [7, 11) is -1.05. The summed E-state index contributed by atoms with van der Waals surface area (Å²) in [6.07, 6.45) is 0. The third-order valence-electron chi connectivity index (χ3n) is 2.89. The molecule has 0 amide bonds. The fraction of sp³-hybridized carbons (Fsp3) is 0.462. The number of fused-ring (bicyclic) bond motifs is 1. The molecule has 0 N–H and O–H groups in total. The molecule has 2 aromatic heterocycles. The van der Waals surface area contributed by atoms with Crippen molar-refractivity contribution in [3.63, 3.8) is 0 Å². The first-order valence-corrected chi connectivity index (χ1v) is 10.7. The van der Waals surface area contributed by atoms with Crippen LogP contribution in [0.4, 0.5) is 0 Å². The van der Waals surface area contributed by atoms with Crippen LogP contribution in [0.25, 0.3) is 11.0 Å². The number of halogens is 2. The lowest BCUT2D eigenvalue weighted by Crippen LogP contribution is -2.22. The van der Waals surface area contributed by atoms with Crippen molar-refractivity contribution in [1.29, 1.82) is 0 Å². The second-order valence-corrected chi connectivity index (χ2v) is 12.2. The van der Waals surface area contributed by atoms with Gasteiger partial charge >= 0.3 is 0 Å². The van der Waals surface area contributed by atoms with Crippen LogP contribution in [0, 0.1) is 0 Å². The zero-order valence-electron chi connectivity index (χ0n) is 11.4. The lowest BCUT2D eigenvalue weighted by molar-refractivity contribution is 0.0904.